The van der Waals surface area contributed by atoms with Crippen LogP contribution in [-0.4, -0.2) is 23.2 Å². The summed E-state index contributed by atoms with van der Waals surface area (Å²) >= 11 is 0. The maximum atomic E-state index is 8.90. The summed E-state index contributed by atoms with van der Waals surface area (Å²) in [5.41, 5.74) is 3.26. The molecule has 112 valence electrons. The molecule has 4 heteroatoms. The zero-order valence-corrected chi connectivity index (χ0v) is 12.6. The molecule has 0 fully saturated rings. The molecule has 0 aliphatic rings. The highest BCUT2D eigenvalue weighted by atomic mass is 16.5. The standard InChI is InChI=1S/C17H22N2O2/c1-3-18-11-15-10-13(2)17(19-12-15)21-16-6-4-14(5-7-16)8-9-20/h4-7,10,12,18,20H,3,8-9,11H2,1-2H3. The van der Waals surface area contributed by atoms with Crippen LogP contribution in [0, 0.1) is 6.92 Å². The van der Waals surface area contributed by atoms with Crippen molar-refractivity contribution >= 4 is 0 Å². The molecule has 0 spiro atoms. The van der Waals surface area contributed by atoms with Gasteiger partial charge in [-0.25, -0.2) is 4.98 Å². The molecular formula is C17H22N2O2. The van der Waals surface area contributed by atoms with Gasteiger partial charge in [-0.05, 0) is 49.2 Å². The zero-order chi connectivity index (χ0) is 15.1. The number of pyridine rings is 1. The summed E-state index contributed by atoms with van der Waals surface area (Å²) in [7, 11) is 0. The first-order valence-corrected chi connectivity index (χ1v) is 7.26. The molecule has 0 bridgehead atoms. The predicted octanol–water partition coefficient (Wildman–Crippen LogP) is 2.83. The van der Waals surface area contributed by atoms with E-state index in [1.807, 2.05) is 37.4 Å². The van der Waals surface area contributed by atoms with Gasteiger partial charge in [0, 0.05) is 24.9 Å². The number of hydrogen-bond acceptors (Lipinski definition) is 4. The van der Waals surface area contributed by atoms with Crippen molar-refractivity contribution in [2.24, 2.45) is 0 Å². The Bertz CT molecular complexity index is 568. The number of nitrogens with zero attached hydrogens (tertiary/aromatic N) is 1. The lowest BCUT2D eigenvalue weighted by atomic mass is 10.1. The molecule has 0 saturated carbocycles. The van der Waals surface area contributed by atoms with E-state index >= 15 is 0 Å². The average Bonchev–Trinajstić information content (AvgIpc) is 2.50. The molecule has 0 aliphatic heterocycles. The third kappa shape index (κ3) is 4.55. The van der Waals surface area contributed by atoms with Gasteiger partial charge in [-0.1, -0.05) is 19.1 Å². The van der Waals surface area contributed by atoms with E-state index < -0.39 is 0 Å². The molecular weight excluding hydrogens is 264 g/mol. The maximum Gasteiger partial charge on any atom is 0.222 e. The summed E-state index contributed by atoms with van der Waals surface area (Å²) in [4.78, 5) is 4.38. The van der Waals surface area contributed by atoms with Crippen LogP contribution in [0.25, 0.3) is 0 Å². The van der Waals surface area contributed by atoms with Crippen molar-refractivity contribution < 1.29 is 9.84 Å². The molecule has 1 aromatic carbocycles. The Hall–Kier alpha value is -1.91. The summed E-state index contributed by atoms with van der Waals surface area (Å²) in [6.07, 6.45) is 2.50. The number of aliphatic hydroxyl groups excluding tert-OH is 1. The van der Waals surface area contributed by atoms with E-state index in [0.717, 1.165) is 35.5 Å². The second kappa shape index (κ2) is 7.76. The molecule has 4 nitrogen and oxygen atoms in total. The van der Waals surface area contributed by atoms with Crippen LogP contribution < -0.4 is 10.1 Å². The molecule has 2 rings (SSSR count). The number of aryl methyl sites for hydroxylation is 1. The van der Waals surface area contributed by atoms with Gasteiger partial charge < -0.3 is 15.2 Å². The van der Waals surface area contributed by atoms with Gasteiger partial charge in [-0.15, -0.1) is 0 Å². The van der Waals surface area contributed by atoms with Gasteiger partial charge in [0.1, 0.15) is 5.75 Å². The first kappa shape index (κ1) is 15.5. The fourth-order valence-electron chi connectivity index (χ4n) is 2.06. The molecule has 1 heterocycles. The van der Waals surface area contributed by atoms with Gasteiger partial charge in [-0.2, -0.15) is 0 Å². The molecule has 0 unspecified atom stereocenters. The number of nitrogens with one attached hydrogen (secondary N) is 1. The highest BCUT2D eigenvalue weighted by Gasteiger charge is 2.05. The molecule has 0 aliphatic carbocycles. The summed E-state index contributed by atoms with van der Waals surface area (Å²) < 4.78 is 5.81. The highest BCUT2D eigenvalue weighted by Crippen LogP contribution is 2.23. The smallest absolute Gasteiger partial charge is 0.222 e. The van der Waals surface area contributed by atoms with E-state index in [9.17, 15) is 0 Å². The maximum absolute atomic E-state index is 8.90. The van der Waals surface area contributed by atoms with E-state index in [1.54, 1.807) is 0 Å². The van der Waals surface area contributed by atoms with Crippen molar-refractivity contribution in [1.29, 1.82) is 0 Å². The van der Waals surface area contributed by atoms with E-state index in [0.29, 0.717) is 12.3 Å². The minimum absolute atomic E-state index is 0.161. The van der Waals surface area contributed by atoms with Crippen molar-refractivity contribution in [1.82, 2.24) is 10.3 Å². The van der Waals surface area contributed by atoms with Gasteiger partial charge in [-0.3, -0.25) is 0 Å². The lowest BCUT2D eigenvalue weighted by Crippen LogP contribution is -2.12. The molecule has 1 aromatic heterocycles. The van der Waals surface area contributed by atoms with Crippen LogP contribution in [0.15, 0.2) is 36.5 Å². The molecule has 0 radical (unpaired) electrons. The molecule has 0 saturated heterocycles. The molecule has 2 N–H and O–H groups in total. The lowest BCUT2D eigenvalue weighted by molar-refractivity contribution is 0.299. The van der Waals surface area contributed by atoms with Crippen LogP contribution in [0.5, 0.6) is 11.6 Å². The number of benzene rings is 1. The van der Waals surface area contributed by atoms with E-state index in [2.05, 4.69) is 23.3 Å². The Morgan fingerprint density at radius 1 is 1.19 bits per heavy atom. The van der Waals surface area contributed by atoms with Gasteiger partial charge >= 0.3 is 0 Å². The largest absolute Gasteiger partial charge is 0.439 e. The van der Waals surface area contributed by atoms with E-state index in [-0.39, 0.29) is 6.61 Å². The Morgan fingerprint density at radius 3 is 2.57 bits per heavy atom. The second-order valence-corrected chi connectivity index (χ2v) is 4.97. The highest BCUT2D eigenvalue weighted by molar-refractivity contribution is 5.35. The lowest BCUT2D eigenvalue weighted by Gasteiger charge is -2.10. The Labute approximate surface area is 125 Å². The SMILES string of the molecule is CCNCc1cnc(Oc2ccc(CCO)cc2)c(C)c1. The van der Waals surface area contributed by atoms with Crippen molar-refractivity contribution in [3.63, 3.8) is 0 Å². The van der Waals surface area contributed by atoms with Gasteiger partial charge in [0.05, 0.1) is 0 Å². The fraction of sp³-hybridized carbons (Fsp3) is 0.353. The molecule has 0 amide bonds. The van der Waals surface area contributed by atoms with Crippen molar-refractivity contribution in [2.75, 3.05) is 13.2 Å². The number of rotatable bonds is 7. The van der Waals surface area contributed by atoms with Gasteiger partial charge in [0.25, 0.3) is 0 Å². The summed E-state index contributed by atoms with van der Waals surface area (Å²) in [6.45, 7) is 6.00. The Kier molecular flexibility index (Phi) is 5.72. The molecule has 2 aromatic rings. The van der Waals surface area contributed by atoms with Crippen molar-refractivity contribution in [2.45, 2.75) is 26.8 Å². The molecule has 21 heavy (non-hydrogen) atoms. The summed E-state index contributed by atoms with van der Waals surface area (Å²) in [6, 6.07) is 9.81. The van der Waals surface area contributed by atoms with Gasteiger partial charge in [0.15, 0.2) is 0 Å². The van der Waals surface area contributed by atoms with E-state index in [4.69, 9.17) is 9.84 Å². The fourth-order valence-corrected chi connectivity index (χ4v) is 2.06. The van der Waals surface area contributed by atoms with Crippen molar-refractivity contribution in [3.05, 3.63) is 53.2 Å². The van der Waals surface area contributed by atoms with Crippen LogP contribution in [-0.2, 0) is 13.0 Å². The number of aromatic nitrogens is 1. The topological polar surface area (TPSA) is 54.4 Å². The Morgan fingerprint density at radius 2 is 1.95 bits per heavy atom. The first-order chi connectivity index (χ1) is 10.2. The van der Waals surface area contributed by atoms with Gasteiger partial charge in [0.2, 0.25) is 5.88 Å². The van der Waals surface area contributed by atoms with Crippen LogP contribution in [0.4, 0.5) is 0 Å². The minimum atomic E-state index is 0.161. The van der Waals surface area contributed by atoms with E-state index in [1.165, 1.54) is 0 Å². The minimum Gasteiger partial charge on any atom is -0.439 e. The number of ether oxygens (including phenoxy) is 1. The van der Waals surface area contributed by atoms with Crippen LogP contribution in [0.1, 0.15) is 23.6 Å². The monoisotopic (exact) mass is 286 g/mol. The average molecular weight is 286 g/mol. The summed E-state index contributed by atoms with van der Waals surface area (Å²) in [5.74, 6) is 1.39. The first-order valence-electron chi connectivity index (χ1n) is 7.26. The third-order valence-electron chi connectivity index (χ3n) is 3.20. The zero-order valence-electron chi connectivity index (χ0n) is 12.6. The van der Waals surface area contributed by atoms with Crippen LogP contribution >= 0.6 is 0 Å². The third-order valence-corrected chi connectivity index (χ3v) is 3.20. The Balaban J connectivity index is 2.05. The number of hydrogen-bond donors (Lipinski definition) is 2. The number of aliphatic hydroxyl groups is 1. The quantitative estimate of drug-likeness (QED) is 0.822. The van der Waals surface area contributed by atoms with Crippen molar-refractivity contribution in [3.8, 4) is 11.6 Å². The normalized spacial score (nSPS) is 10.6. The van der Waals surface area contributed by atoms with Crippen LogP contribution in [0.2, 0.25) is 0 Å². The molecule has 0 atom stereocenters. The predicted molar refractivity (Wildman–Crippen MR) is 83.7 cm³/mol. The second-order valence-electron chi connectivity index (χ2n) is 4.97. The summed E-state index contributed by atoms with van der Waals surface area (Å²) in [5, 5.41) is 12.2. The van der Waals surface area contributed by atoms with Crippen LogP contribution in [0.3, 0.4) is 0 Å².